The minimum absolute atomic E-state index is 0.393. The number of hydrogen-bond donors (Lipinski definition) is 1. The van der Waals surface area contributed by atoms with Gasteiger partial charge in [0.1, 0.15) is 16.9 Å². The molecule has 0 spiro atoms. The normalized spacial score (nSPS) is 10.8. The predicted octanol–water partition coefficient (Wildman–Crippen LogP) is 4.70. The molecule has 0 aliphatic heterocycles. The molecular formula is C23H19NO5. The third-order valence-electron chi connectivity index (χ3n) is 4.59. The van der Waals surface area contributed by atoms with Crippen molar-refractivity contribution in [3.63, 3.8) is 0 Å². The van der Waals surface area contributed by atoms with Gasteiger partial charge in [0.05, 0.1) is 18.4 Å². The maximum Gasteiger partial charge on any atom is 0.338 e. The van der Waals surface area contributed by atoms with Gasteiger partial charge in [0.25, 0.3) is 5.91 Å². The molecule has 6 heteroatoms. The van der Waals surface area contributed by atoms with Crippen molar-refractivity contribution in [3.05, 3.63) is 71.8 Å². The number of anilines is 1. The predicted molar refractivity (Wildman–Crippen MR) is 110 cm³/mol. The zero-order valence-corrected chi connectivity index (χ0v) is 16.0. The number of carbonyl (C=O) groups excluding carboxylic acids is 2. The van der Waals surface area contributed by atoms with Gasteiger partial charge in [-0.05, 0) is 31.2 Å². The highest BCUT2D eigenvalue weighted by Gasteiger charge is 2.15. The van der Waals surface area contributed by atoms with Crippen LogP contribution in [0.15, 0.2) is 65.1 Å². The number of esters is 1. The number of amides is 1. The van der Waals surface area contributed by atoms with Gasteiger partial charge in [-0.2, -0.15) is 0 Å². The number of ether oxygens (including phenoxy) is 2. The minimum Gasteiger partial charge on any atom is -0.495 e. The van der Waals surface area contributed by atoms with E-state index >= 15 is 0 Å². The molecule has 146 valence electrons. The summed E-state index contributed by atoms with van der Waals surface area (Å²) in [5.74, 6) is -0.540. The van der Waals surface area contributed by atoms with Crippen LogP contribution in [0.5, 0.6) is 5.75 Å². The minimum atomic E-state index is -0.556. The average molecular weight is 389 g/mol. The molecule has 0 bridgehead atoms. The van der Waals surface area contributed by atoms with Crippen molar-refractivity contribution >= 4 is 39.5 Å². The van der Waals surface area contributed by atoms with Gasteiger partial charge < -0.3 is 19.2 Å². The van der Waals surface area contributed by atoms with E-state index in [0.29, 0.717) is 22.6 Å². The second-order valence-corrected chi connectivity index (χ2v) is 6.64. The fraction of sp³-hybridized carbons (Fsp3) is 0.130. The van der Waals surface area contributed by atoms with E-state index in [1.165, 1.54) is 7.11 Å². The first-order chi connectivity index (χ1) is 14.0. The summed E-state index contributed by atoms with van der Waals surface area (Å²) in [7, 11) is 1.52. The molecule has 6 nitrogen and oxygen atoms in total. The first kappa shape index (κ1) is 18.6. The molecule has 0 radical (unpaired) electrons. The lowest BCUT2D eigenvalue weighted by Crippen LogP contribution is -2.21. The molecule has 0 fully saturated rings. The number of para-hydroxylation sites is 1. The third kappa shape index (κ3) is 3.78. The molecule has 0 saturated heterocycles. The first-order valence-electron chi connectivity index (χ1n) is 9.08. The molecule has 0 atom stereocenters. The monoisotopic (exact) mass is 389 g/mol. The average Bonchev–Trinajstić information content (AvgIpc) is 3.09. The lowest BCUT2D eigenvalue weighted by atomic mass is 10.1. The molecule has 3 aromatic carbocycles. The zero-order valence-electron chi connectivity index (χ0n) is 16.0. The van der Waals surface area contributed by atoms with Gasteiger partial charge >= 0.3 is 5.97 Å². The summed E-state index contributed by atoms with van der Waals surface area (Å²) in [6.07, 6.45) is 0. The van der Waals surface area contributed by atoms with E-state index in [2.05, 4.69) is 5.32 Å². The van der Waals surface area contributed by atoms with Crippen molar-refractivity contribution < 1.29 is 23.5 Å². The van der Waals surface area contributed by atoms with Crippen molar-refractivity contribution in [3.8, 4) is 5.75 Å². The van der Waals surface area contributed by atoms with Crippen molar-refractivity contribution in [2.75, 3.05) is 19.0 Å². The summed E-state index contributed by atoms with van der Waals surface area (Å²) in [4.78, 5) is 24.4. The molecule has 4 rings (SSSR count). The summed E-state index contributed by atoms with van der Waals surface area (Å²) < 4.78 is 16.4. The number of fused-ring (bicyclic) bond motifs is 3. The van der Waals surface area contributed by atoms with Gasteiger partial charge in [0.15, 0.2) is 6.61 Å². The van der Waals surface area contributed by atoms with E-state index in [-0.39, 0.29) is 0 Å². The fourth-order valence-corrected chi connectivity index (χ4v) is 3.11. The Morgan fingerprint density at radius 2 is 1.72 bits per heavy atom. The number of rotatable bonds is 5. The maximum atomic E-state index is 12.3. The summed E-state index contributed by atoms with van der Waals surface area (Å²) >= 11 is 0. The Morgan fingerprint density at radius 1 is 0.966 bits per heavy atom. The fourth-order valence-electron chi connectivity index (χ4n) is 3.11. The molecule has 1 heterocycles. The zero-order chi connectivity index (χ0) is 20.4. The quantitative estimate of drug-likeness (QED) is 0.501. The lowest BCUT2D eigenvalue weighted by molar-refractivity contribution is -0.119. The van der Waals surface area contributed by atoms with E-state index in [4.69, 9.17) is 13.9 Å². The smallest absolute Gasteiger partial charge is 0.338 e. The van der Waals surface area contributed by atoms with Gasteiger partial charge in [-0.25, -0.2) is 4.79 Å². The summed E-state index contributed by atoms with van der Waals surface area (Å²) in [5, 5.41) is 4.57. The van der Waals surface area contributed by atoms with E-state index in [1.807, 2.05) is 49.4 Å². The number of aryl methyl sites for hydroxylation is 1. The molecule has 0 aliphatic rings. The van der Waals surface area contributed by atoms with Gasteiger partial charge in [0, 0.05) is 16.8 Å². The van der Waals surface area contributed by atoms with Gasteiger partial charge in [-0.15, -0.1) is 0 Å². The van der Waals surface area contributed by atoms with Crippen molar-refractivity contribution in [2.45, 2.75) is 6.92 Å². The van der Waals surface area contributed by atoms with Crippen molar-refractivity contribution in [2.24, 2.45) is 0 Å². The van der Waals surface area contributed by atoms with Crippen LogP contribution in [0.2, 0.25) is 0 Å². The highest BCUT2D eigenvalue weighted by Crippen LogP contribution is 2.36. The Bertz CT molecular complexity index is 1210. The van der Waals surface area contributed by atoms with Crippen LogP contribution in [0.1, 0.15) is 15.9 Å². The topological polar surface area (TPSA) is 77.8 Å². The SMILES string of the molecule is COc1cc2c(cc1NC(=O)COC(=O)c1ccc(C)cc1)oc1ccccc12. The van der Waals surface area contributed by atoms with Crippen LogP contribution in [-0.4, -0.2) is 25.6 Å². The van der Waals surface area contributed by atoms with Crippen LogP contribution in [0.3, 0.4) is 0 Å². The Balaban J connectivity index is 1.50. The number of benzene rings is 3. The highest BCUT2D eigenvalue weighted by atomic mass is 16.5. The van der Waals surface area contributed by atoms with Crippen LogP contribution >= 0.6 is 0 Å². The second-order valence-electron chi connectivity index (χ2n) is 6.64. The molecule has 4 aromatic rings. The summed E-state index contributed by atoms with van der Waals surface area (Å²) in [5.41, 5.74) is 3.24. The molecule has 0 saturated carbocycles. The molecule has 0 aliphatic carbocycles. The van der Waals surface area contributed by atoms with Crippen LogP contribution in [-0.2, 0) is 9.53 Å². The largest absolute Gasteiger partial charge is 0.495 e. The van der Waals surface area contributed by atoms with Gasteiger partial charge in [-0.3, -0.25) is 4.79 Å². The first-order valence-corrected chi connectivity index (χ1v) is 9.08. The molecule has 1 amide bonds. The number of nitrogens with one attached hydrogen (secondary N) is 1. The highest BCUT2D eigenvalue weighted by molar-refractivity contribution is 6.08. The van der Waals surface area contributed by atoms with E-state index in [0.717, 1.165) is 21.9 Å². The Labute approximate surface area is 167 Å². The van der Waals surface area contributed by atoms with E-state index in [1.54, 1.807) is 18.2 Å². The molecule has 1 N–H and O–H groups in total. The Morgan fingerprint density at radius 3 is 2.48 bits per heavy atom. The summed E-state index contributed by atoms with van der Waals surface area (Å²) in [6.45, 7) is 1.52. The van der Waals surface area contributed by atoms with E-state index < -0.39 is 18.5 Å². The maximum absolute atomic E-state index is 12.3. The van der Waals surface area contributed by atoms with Crippen LogP contribution < -0.4 is 10.1 Å². The number of hydrogen-bond acceptors (Lipinski definition) is 5. The standard InChI is InChI=1S/C23H19NO5/c1-14-7-9-15(10-8-14)23(26)28-13-22(25)24-18-12-20-17(11-21(18)27-2)16-5-3-4-6-19(16)29-20/h3-12H,13H2,1-2H3,(H,24,25). The summed E-state index contributed by atoms with van der Waals surface area (Å²) in [6, 6.07) is 18.1. The van der Waals surface area contributed by atoms with Crippen molar-refractivity contribution in [1.82, 2.24) is 0 Å². The second kappa shape index (κ2) is 7.67. The van der Waals surface area contributed by atoms with Gasteiger partial charge in [-0.1, -0.05) is 35.9 Å². The molecule has 29 heavy (non-hydrogen) atoms. The number of carbonyl (C=O) groups is 2. The third-order valence-corrected chi connectivity index (χ3v) is 4.59. The van der Waals surface area contributed by atoms with Gasteiger partial charge in [0.2, 0.25) is 0 Å². The van der Waals surface area contributed by atoms with E-state index in [9.17, 15) is 9.59 Å². The number of furan rings is 1. The Hall–Kier alpha value is -3.80. The molecule has 0 unspecified atom stereocenters. The van der Waals surface area contributed by atoms with Crippen molar-refractivity contribution in [1.29, 1.82) is 0 Å². The lowest BCUT2D eigenvalue weighted by Gasteiger charge is -2.11. The Kier molecular flexibility index (Phi) is 4.91. The number of methoxy groups -OCH3 is 1. The molecule has 1 aromatic heterocycles. The molecular weight excluding hydrogens is 370 g/mol. The van der Waals surface area contributed by atoms with Crippen LogP contribution in [0.4, 0.5) is 5.69 Å². The van der Waals surface area contributed by atoms with Crippen LogP contribution in [0, 0.1) is 6.92 Å². The van der Waals surface area contributed by atoms with Crippen LogP contribution in [0.25, 0.3) is 21.9 Å².